The minimum atomic E-state index is -3.68. The number of sulfonamides is 1. The van der Waals surface area contributed by atoms with E-state index in [1.807, 2.05) is 18.2 Å². The summed E-state index contributed by atoms with van der Waals surface area (Å²) >= 11 is 0. The number of aromatic nitrogens is 1. The Bertz CT molecular complexity index is 1010. The molecule has 1 N–H and O–H groups in total. The molecule has 0 saturated heterocycles. The summed E-state index contributed by atoms with van der Waals surface area (Å²) < 4.78 is 26.7. The van der Waals surface area contributed by atoms with Crippen LogP contribution in [0.2, 0.25) is 0 Å². The molecule has 1 aliphatic rings. The Hall–Kier alpha value is -2.45. The summed E-state index contributed by atoms with van der Waals surface area (Å²) in [6, 6.07) is 10.3. The first-order valence-electron chi connectivity index (χ1n) is 8.79. The van der Waals surface area contributed by atoms with Gasteiger partial charge in [-0.15, -0.1) is 0 Å². The lowest BCUT2D eigenvalue weighted by molar-refractivity contribution is -0.122. The van der Waals surface area contributed by atoms with Gasteiger partial charge in [-0.25, -0.2) is 12.7 Å². The zero-order valence-corrected chi connectivity index (χ0v) is 16.2. The Morgan fingerprint density at radius 2 is 1.96 bits per heavy atom. The highest BCUT2D eigenvalue weighted by atomic mass is 32.2. The molecule has 0 spiro atoms. The van der Waals surface area contributed by atoms with Gasteiger partial charge in [-0.3, -0.25) is 9.59 Å². The minimum absolute atomic E-state index is 0.0251. The number of carbonyl (C=O) groups excluding carboxylic acids is 1. The second-order valence-electron chi connectivity index (χ2n) is 6.83. The smallest absolute Gasteiger partial charge is 0.251 e. The van der Waals surface area contributed by atoms with Crippen LogP contribution >= 0.6 is 0 Å². The van der Waals surface area contributed by atoms with Gasteiger partial charge in [-0.05, 0) is 36.5 Å². The van der Waals surface area contributed by atoms with Crippen LogP contribution in [0.4, 0.5) is 0 Å². The summed E-state index contributed by atoms with van der Waals surface area (Å²) in [6.45, 7) is -0.228. The molecule has 0 saturated carbocycles. The van der Waals surface area contributed by atoms with E-state index in [9.17, 15) is 18.0 Å². The fourth-order valence-corrected chi connectivity index (χ4v) is 4.22. The number of hydrogen-bond donors (Lipinski definition) is 1. The first-order chi connectivity index (χ1) is 12.8. The van der Waals surface area contributed by atoms with E-state index in [-0.39, 0.29) is 23.4 Å². The largest absolute Gasteiger partial charge is 0.348 e. The maximum Gasteiger partial charge on any atom is 0.251 e. The van der Waals surface area contributed by atoms with Gasteiger partial charge in [0.25, 0.3) is 5.56 Å². The highest BCUT2D eigenvalue weighted by Gasteiger charge is 2.22. The molecule has 1 amide bonds. The molecule has 3 rings (SSSR count). The average molecular weight is 389 g/mol. The molecule has 0 radical (unpaired) electrons. The van der Waals surface area contributed by atoms with Crippen LogP contribution in [-0.2, 0) is 27.8 Å². The number of nitrogens with one attached hydrogen (secondary N) is 1. The van der Waals surface area contributed by atoms with Gasteiger partial charge in [0.2, 0.25) is 15.9 Å². The summed E-state index contributed by atoms with van der Waals surface area (Å²) in [7, 11) is -0.848. The molecule has 1 aliphatic carbocycles. The molecule has 144 valence electrons. The molecule has 27 heavy (non-hydrogen) atoms. The van der Waals surface area contributed by atoms with Crippen molar-refractivity contribution in [2.45, 2.75) is 36.7 Å². The molecule has 1 aromatic carbocycles. The van der Waals surface area contributed by atoms with Crippen molar-refractivity contribution in [2.24, 2.45) is 0 Å². The lowest BCUT2D eigenvalue weighted by Crippen LogP contribution is -2.36. The van der Waals surface area contributed by atoms with E-state index in [4.69, 9.17) is 0 Å². The van der Waals surface area contributed by atoms with Gasteiger partial charge in [0.1, 0.15) is 6.54 Å². The van der Waals surface area contributed by atoms with E-state index in [0.29, 0.717) is 0 Å². The normalized spacial score (nSPS) is 16.8. The molecule has 1 aromatic heterocycles. The van der Waals surface area contributed by atoms with Gasteiger partial charge < -0.3 is 9.88 Å². The van der Waals surface area contributed by atoms with Gasteiger partial charge in [-0.2, -0.15) is 0 Å². The second kappa shape index (κ2) is 7.66. The second-order valence-corrected chi connectivity index (χ2v) is 8.98. The minimum Gasteiger partial charge on any atom is -0.348 e. The molecule has 7 nitrogen and oxygen atoms in total. The van der Waals surface area contributed by atoms with Crippen LogP contribution in [0, 0.1) is 0 Å². The van der Waals surface area contributed by atoms with Crippen LogP contribution in [0.5, 0.6) is 0 Å². The van der Waals surface area contributed by atoms with Crippen LogP contribution in [0.25, 0.3) is 0 Å². The van der Waals surface area contributed by atoms with Crippen molar-refractivity contribution < 1.29 is 13.2 Å². The first kappa shape index (κ1) is 19.3. The number of rotatable bonds is 5. The third-order valence-electron chi connectivity index (χ3n) is 4.75. The van der Waals surface area contributed by atoms with Gasteiger partial charge in [0.15, 0.2) is 0 Å². The molecular weight excluding hydrogens is 366 g/mol. The first-order valence-corrected chi connectivity index (χ1v) is 10.2. The maximum atomic E-state index is 12.5. The number of hydrogen-bond acceptors (Lipinski definition) is 4. The van der Waals surface area contributed by atoms with Crippen molar-refractivity contribution in [2.75, 3.05) is 14.1 Å². The third-order valence-corrected chi connectivity index (χ3v) is 6.55. The van der Waals surface area contributed by atoms with Gasteiger partial charge in [0.05, 0.1) is 10.9 Å². The Morgan fingerprint density at radius 1 is 1.22 bits per heavy atom. The third kappa shape index (κ3) is 4.12. The summed E-state index contributed by atoms with van der Waals surface area (Å²) in [6.07, 6.45) is 4.03. The zero-order valence-electron chi connectivity index (χ0n) is 15.4. The van der Waals surface area contributed by atoms with Gasteiger partial charge >= 0.3 is 0 Å². The number of carbonyl (C=O) groups is 1. The topological polar surface area (TPSA) is 88.5 Å². The SMILES string of the molecule is CN(C)S(=O)(=O)c1ccc(=O)n(CC(=O)N[C@@H]2CCCc3ccccc32)c1. The average Bonchev–Trinajstić information content (AvgIpc) is 2.63. The van der Waals surface area contributed by atoms with E-state index in [1.54, 1.807) is 0 Å². The van der Waals surface area contributed by atoms with E-state index < -0.39 is 15.6 Å². The van der Waals surface area contributed by atoms with Crippen LogP contribution in [0.3, 0.4) is 0 Å². The molecule has 1 atom stereocenters. The van der Waals surface area contributed by atoms with Crippen molar-refractivity contribution in [3.63, 3.8) is 0 Å². The van der Waals surface area contributed by atoms with Gasteiger partial charge in [-0.1, -0.05) is 24.3 Å². The predicted molar refractivity (Wildman–Crippen MR) is 102 cm³/mol. The van der Waals surface area contributed by atoms with E-state index in [1.165, 1.54) is 38.0 Å². The van der Waals surface area contributed by atoms with E-state index in [0.717, 1.165) is 33.7 Å². The Kier molecular flexibility index (Phi) is 5.48. The maximum absolute atomic E-state index is 12.5. The summed E-state index contributed by atoms with van der Waals surface area (Å²) in [4.78, 5) is 24.6. The van der Waals surface area contributed by atoms with Crippen molar-refractivity contribution >= 4 is 15.9 Å². The van der Waals surface area contributed by atoms with Crippen molar-refractivity contribution in [1.82, 2.24) is 14.2 Å². The lowest BCUT2D eigenvalue weighted by atomic mass is 9.88. The molecule has 1 heterocycles. The Labute approximate surface area is 158 Å². The van der Waals surface area contributed by atoms with Crippen molar-refractivity contribution in [1.29, 1.82) is 0 Å². The summed E-state index contributed by atoms with van der Waals surface area (Å²) in [5.74, 6) is -0.321. The number of benzene rings is 1. The van der Waals surface area contributed by atoms with E-state index in [2.05, 4.69) is 11.4 Å². The highest BCUT2D eigenvalue weighted by Crippen LogP contribution is 2.29. The molecule has 0 bridgehead atoms. The number of pyridine rings is 1. The standard InChI is InChI=1S/C19H23N3O4S/c1-21(2)27(25,26)15-10-11-19(24)22(12-15)13-18(23)20-17-9-5-7-14-6-3-4-8-16(14)17/h3-4,6,8,10-12,17H,5,7,9,13H2,1-2H3,(H,20,23)/t17-/m1/s1. The molecule has 0 fully saturated rings. The predicted octanol–water partition coefficient (Wildman–Crippen LogP) is 1.29. The number of nitrogens with zero attached hydrogens (tertiary/aromatic N) is 2. The number of amides is 1. The summed E-state index contributed by atoms with van der Waals surface area (Å²) in [5, 5.41) is 2.97. The van der Waals surface area contributed by atoms with E-state index >= 15 is 0 Å². The van der Waals surface area contributed by atoms with Crippen LogP contribution in [0.15, 0.2) is 52.3 Å². The monoisotopic (exact) mass is 389 g/mol. The van der Waals surface area contributed by atoms with Crippen LogP contribution in [0.1, 0.15) is 30.0 Å². The highest BCUT2D eigenvalue weighted by molar-refractivity contribution is 7.89. The number of aryl methyl sites for hydroxylation is 1. The van der Waals surface area contributed by atoms with Crippen LogP contribution in [-0.4, -0.2) is 37.3 Å². The molecular formula is C19H23N3O4S. The molecule has 8 heteroatoms. The van der Waals surface area contributed by atoms with Crippen molar-refractivity contribution in [3.8, 4) is 0 Å². The van der Waals surface area contributed by atoms with Crippen LogP contribution < -0.4 is 10.9 Å². The lowest BCUT2D eigenvalue weighted by Gasteiger charge is -2.26. The number of fused-ring (bicyclic) bond motifs is 1. The van der Waals surface area contributed by atoms with Gasteiger partial charge in [0, 0.05) is 26.4 Å². The fourth-order valence-electron chi connectivity index (χ4n) is 3.29. The van der Waals surface area contributed by atoms with Crippen molar-refractivity contribution in [3.05, 3.63) is 64.1 Å². The fraction of sp³-hybridized carbons (Fsp3) is 0.368. The summed E-state index contributed by atoms with van der Waals surface area (Å²) in [5.41, 5.74) is 1.91. The Morgan fingerprint density at radius 3 is 2.70 bits per heavy atom. The molecule has 2 aromatic rings. The molecule has 0 unspecified atom stereocenters. The zero-order chi connectivity index (χ0) is 19.6. The Balaban J connectivity index is 1.78. The molecule has 0 aliphatic heterocycles. The quantitative estimate of drug-likeness (QED) is 0.835.